The van der Waals surface area contributed by atoms with Crippen LogP contribution in [0.15, 0.2) is 85.1 Å². The van der Waals surface area contributed by atoms with Gasteiger partial charge in [-0.2, -0.15) is 0 Å². The summed E-state index contributed by atoms with van der Waals surface area (Å²) >= 11 is 6.07. The molecular weight excluding hydrogens is 380 g/mol. The van der Waals surface area contributed by atoms with Crippen molar-refractivity contribution in [1.29, 1.82) is 0 Å². The highest BCUT2D eigenvalue weighted by Gasteiger charge is 2.04. The zero-order valence-electron chi connectivity index (χ0n) is 15.9. The maximum Gasteiger partial charge on any atom is 0.185 e. The van der Waals surface area contributed by atoms with Crippen molar-refractivity contribution in [2.24, 2.45) is 0 Å². The van der Waals surface area contributed by atoms with Gasteiger partial charge in [0.25, 0.3) is 0 Å². The molecule has 0 radical (unpaired) electrons. The molecule has 29 heavy (non-hydrogen) atoms. The molecule has 0 aliphatic rings. The van der Waals surface area contributed by atoms with E-state index in [-0.39, 0.29) is 5.78 Å². The van der Waals surface area contributed by atoms with Gasteiger partial charge in [0.1, 0.15) is 0 Å². The molecule has 4 heteroatoms. The number of rotatable bonds is 5. The van der Waals surface area contributed by atoms with Crippen molar-refractivity contribution in [3.63, 3.8) is 0 Å². The number of allylic oxidation sites excluding steroid dienone is 1. The molecule has 142 valence electrons. The molecule has 1 N–H and O–H groups in total. The molecule has 3 nitrogen and oxygen atoms in total. The predicted molar refractivity (Wildman–Crippen MR) is 121 cm³/mol. The molecule has 0 bridgehead atoms. The van der Waals surface area contributed by atoms with Crippen LogP contribution in [0.3, 0.4) is 0 Å². The van der Waals surface area contributed by atoms with Crippen LogP contribution >= 0.6 is 11.6 Å². The van der Waals surface area contributed by atoms with Crippen molar-refractivity contribution < 1.29 is 4.79 Å². The summed E-state index contributed by atoms with van der Waals surface area (Å²) in [7, 11) is 0. The fourth-order valence-electron chi connectivity index (χ4n) is 3.09. The van der Waals surface area contributed by atoms with Crippen molar-refractivity contribution in [1.82, 2.24) is 4.98 Å². The molecule has 0 fully saturated rings. The Balaban J connectivity index is 1.55. The number of hydrogen-bond acceptors (Lipinski definition) is 3. The Morgan fingerprint density at radius 2 is 1.83 bits per heavy atom. The minimum absolute atomic E-state index is 0.0135. The summed E-state index contributed by atoms with van der Waals surface area (Å²) in [6.07, 6.45) is 5.19. The Morgan fingerprint density at radius 1 is 1.00 bits per heavy atom. The highest BCUT2D eigenvalue weighted by molar-refractivity contribution is 6.31. The number of hydrogen-bond donors (Lipinski definition) is 1. The molecule has 0 aliphatic heterocycles. The molecule has 0 amide bonds. The van der Waals surface area contributed by atoms with E-state index < -0.39 is 0 Å². The van der Waals surface area contributed by atoms with E-state index in [1.807, 2.05) is 85.8 Å². The lowest BCUT2D eigenvalue weighted by molar-refractivity contribution is 0.104. The van der Waals surface area contributed by atoms with Crippen LogP contribution in [0, 0.1) is 6.92 Å². The molecule has 0 atom stereocenters. The van der Waals surface area contributed by atoms with E-state index >= 15 is 0 Å². The zero-order chi connectivity index (χ0) is 20.2. The average Bonchev–Trinajstić information content (AvgIpc) is 2.73. The summed E-state index contributed by atoms with van der Waals surface area (Å²) in [4.78, 5) is 16.7. The van der Waals surface area contributed by atoms with Crippen molar-refractivity contribution in [2.45, 2.75) is 6.92 Å². The van der Waals surface area contributed by atoms with Gasteiger partial charge in [-0.25, -0.2) is 0 Å². The first-order chi connectivity index (χ1) is 14.1. The van der Waals surface area contributed by atoms with E-state index in [2.05, 4.69) is 10.3 Å². The van der Waals surface area contributed by atoms with E-state index in [4.69, 9.17) is 11.6 Å². The van der Waals surface area contributed by atoms with Crippen LogP contribution in [-0.4, -0.2) is 10.8 Å². The Hall–Kier alpha value is -3.43. The van der Waals surface area contributed by atoms with E-state index in [1.54, 1.807) is 12.3 Å². The number of ketones is 1. The zero-order valence-corrected chi connectivity index (χ0v) is 16.6. The number of halogens is 1. The summed E-state index contributed by atoms with van der Waals surface area (Å²) < 4.78 is 0. The first kappa shape index (κ1) is 18.9. The van der Waals surface area contributed by atoms with Gasteiger partial charge in [0.15, 0.2) is 5.78 Å². The number of nitrogens with one attached hydrogen (secondary N) is 1. The largest absolute Gasteiger partial charge is 0.355 e. The smallest absolute Gasteiger partial charge is 0.185 e. The molecule has 1 aromatic heterocycles. The second-order valence-corrected chi connectivity index (χ2v) is 7.27. The first-order valence-corrected chi connectivity index (χ1v) is 9.67. The number of aromatic nitrogens is 1. The van der Waals surface area contributed by atoms with Crippen LogP contribution in [0.5, 0.6) is 0 Å². The van der Waals surface area contributed by atoms with Gasteiger partial charge < -0.3 is 5.32 Å². The first-order valence-electron chi connectivity index (χ1n) is 9.29. The number of nitrogens with zero attached hydrogens (tertiary/aromatic N) is 1. The van der Waals surface area contributed by atoms with E-state index in [0.717, 1.165) is 33.4 Å². The second kappa shape index (κ2) is 8.29. The van der Waals surface area contributed by atoms with Crippen molar-refractivity contribution in [3.05, 3.63) is 107 Å². The van der Waals surface area contributed by atoms with Crippen LogP contribution in [0.25, 0.3) is 17.0 Å². The van der Waals surface area contributed by atoms with Crippen molar-refractivity contribution in [3.8, 4) is 0 Å². The normalized spacial score (nSPS) is 11.1. The van der Waals surface area contributed by atoms with Gasteiger partial charge in [-0.3, -0.25) is 9.78 Å². The number of carbonyl (C=O) groups is 1. The van der Waals surface area contributed by atoms with Crippen LogP contribution in [-0.2, 0) is 0 Å². The third-order valence-corrected chi connectivity index (χ3v) is 4.87. The SMILES string of the molecule is Cc1ccc(C(=O)/C=C/c2cccc(Nc3ccnc4cc(Cl)ccc34)c2)cc1. The summed E-state index contributed by atoms with van der Waals surface area (Å²) in [6, 6.07) is 23.1. The van der Waals surface area contributed by atoms with E-state index in [9.17, 15) is 4.79 Å². The Morgan fingerprint density at radius 3 is 2.66 bits per heavy atom. The molecule has 0 saturated heterocycles. The summed E-state index contributed by atoms with van der Waals surface area (Å²) in [5.41, 5.74) is 5.47. The van der Waals surface area contributed by atoms with Crippen LogP contribution in [0.4, 0.5) is 11.4 Å². The lowest BCUT2D eigenvalue weighted by Crippen LogP contribution is -1.94. The second-order valence-electron chi connectivity index (χ2n) is 6.83. The summed E-state index contributed by atoms with van der Waals surface area (Å²) in [5.74, 6) is -0.0135. The molecule has 4 aromatic rings. The predicted octanol–water partition coefficient (Wildman–Crippen LogP) is 6.84. The van der Waals surface area contributed by atoms with E-state index in [0.29, 0.717) is 10.6 Å². The van der Waals surface area contributed by atoms with Crippen LogP contribution < -0.4 is 5.32 Å². The van der Waals surface area contributed by atoms with Gasteiger partial charge >= 0.3 is 0 Å². The molecule has 0 unspecified atom stereocenters. The Bertz CT molecular complexity index is 1210. The third-order valence-electron chi connectivity index (χ3n) is 4.63. The monoisotopic (exact) mass is 398 g/mol. The van der Waals surface area contributed by atoms with Gasteiger partial charge in [0, 0.05) is 33.5 Å². The molecular formula is C25H19ClN2O. The van der Waals surface area contributed by atoms with Crippen LogP contribution in [0.2, 0.25) is 5.02 Å². The molecule has 4 rings (SSSR count). The highest BCUT2D eigenvalue weighted by Crippen LogP contribution is 2.27. The Labute approximate surface area is 174 Å². The standard InChI is InChI=1S/C25H19ClN2O/c1-17-5-8-19(9-6-17)25(29)12-7-18-3-2-4-21(15-18)28-23-13-14-27-24-16-20(26)10-11-22(23)24/h2-16H,1H3,(H,27,28)/b12-7+. The lowest BCUT2D eigenvalue weighted by atomic mass is 10.1. The van der Waals surface area contributed by atoms with Gasteiger partial charge in [-0.05, 0) is 55.0 Å². The maximum absolute atomic E-state index is 12.4. The minimum Gasteiger partial charge on any atom is -0.355 e. The molecule has 3 aromatic carbocycles. The lowest BCUT2D eigenvalue weighted by Gasteiger charge is -2.10. The number of fused-ring (bicyclic) bond motifs is 1. The number of aryl methyl sites for hydroxylation is 1. The third kappa shape index (κ3) is 4.53. The number of anilines is 2. The maximum atomic E-state index is 12.4. The van der Waals surface area contributed by atoms with Gasteiger partial charge in [-0.15, -0.1) is 0 Å². The molecule has 0 aliphatic carbocycles. The summed E-state index contributed by atoms with van der Waals surface area (Å²) in [5, 5.41) is 5.08. The van der Waals surface area contributed by atoms with Gasteiger partial charge in [-0.1, -0.05) is 59.6 Å². The van der Waals surface area contributed by atoms with Crippen LogP contribution in [0.1, 0.15) is 21.5 Å². The van der Waals surface area contributed by atoms with E-state index in [1.165, 1.54) is 0 Å². The fraction of sp³-hybridized carbons (Fsp3) is 0.0400. The molecule has 1 heterocycles. The number of benzene rings is 3. The average molecular weight is 399 g/mol. The molecule has 0 spiro atoms. The summed E-state index contributed by atoms with van der Waals surface area (Å²) in [6.45, 7) is 2.00. The number of carbonyl (C=O) groups excluding carboxylic acids is 1. The van der Waals surface area contributed by atoms with Gasteiger partial charge in [0.2, 0.25) is 0 Å². The Kier molecular flexibility index (Phi) is 5.41. The topological polar surface area (TPSA) is 42.0 Å². The van der Waals surface area contributed by atoms with Crippen molar-refractivity contribution in [2.75, 3.05) is 5.32 Å². The quantitative estimate of drug-likeness (QED) is 0.295. The fourth-order valence-corrected chi connectivity index (χ4v) is 3.26. The molecule has 0 saturated carbocycles. The minimum atomic E-state index is -0.0135. The van der Waals surface area contributed by atoms with Gasteiger partial charge in [0.05, 0.1) is 5.52 Å². The van der Waals surface area contributed by atoms with Crippen molar-refractivity contribution >= 4 is 45.7 Å². The highest BCUT2D eigenvalue weighted by atomic mass is 35.5. The number of pyridine rings is 1.